The number of ether oxygens (including phenoxy) is 1. The molecule has 0 bridgehead atoms. The molecule has 0 spiro atoms. The topological polar surface area (TPSA) is 48.3 Å². The van der Waals surface area contributed by atoms with Crippen molar-refractivity contribution in [1.82, 2.24) is 4.57 Å². The standard InChI is InChI=1S/C13H19NO3/c1-5-17-12(16)10-7-6-8-14(11(10)15)9-13(2,3)4/h6-8H,5,9H2,1-4H3. The summed E-state index contributed by atoms with van der Waals surface area (Å²) >= 11 is 0. The molecule has 0 amide bonds. The molecule has 0 radical (unpaired) electrons. The number of aromatic nitrogens is 1. The van der Waals surface area contributed by atoms with Crippen molar-refractivity contribution in [3.63, 3.8) is 0 Å². The van der Waals surface area contributed by atoms with Gasteiger partial charge in [0.2, 0.25) is 0 Å². The Morgan fingerprint density at radius 1 is 1.41 bits per heavy atom. The van der Waals surface area contributed by atoms with Crippen molar-refractivity contribution in [3.05, 3.63) is 34.2 Å². The molecule has 4 heteroatoms. The van der Waals surface area contributed by atoms with Gasteiger partial charge >= 0.3 is 5.97 Å². The van der Waals surface area contributed by atoms with E-state index in [2.05, 4.69) is 0 Å². The number of esters is 1. The molecule has 0 aromatic carbocycles. The molecule has 0 aliphatic carbocycles. The van der Waals surface area contributed by atoms with E-state index < -0.39 is 5.97 Å². The second-order valence-electron chi connectivity index (χ2n) is 5.14. The number of pyridine rings is 1. The van der Waals surface area contributed by atoms with Gasteiger partial charge in [0.1, 0.15) is 5.56 Å². The summed E-state index contributed by atoms with van der Waals surface area (Å²) in [5.41, 5.74) is -0.212. The van der Waals surface area contributed by atoms with Crippen molar-refractivity contribution >= 4 is 5.97 Å². The average molecular weight is 237 g/mol. The van der Waals surface area contributed by atoms with Crippen LogP contribution in [0.25, 0.3) is 0 Å². The molecular weight excluding hydrogens is 218 g/mol. The Kier molecular flexibility index (Phi) is 4.10. The van der Waals surface area contributed by atoms with Crippen molar-refractivity contribution in [1.29, 1.82) is 0 Å². The number of rotatable bonds is 3. The van der Waals surface area contributed by atoms with E-state index in [0.717, 1.165) is 0 Å². The van der Waals surface area contributed by atoms with Gasteiger partial charge in [-0.25, -0.2) is 4.79 Å². The Morgan fingerprint density at radius 2 is 2.06 bits per heavy atom. The lowest BCUT2D eigenvalue weighted by atomic mass is 9.97. The quantitative estimate of drug-likeness (QED) is 0.756. The highest BCUT2D eigenvalue weighted by Gasteiger charge is 2.16. The van der Waals surface area contributed by atoms with Gasteiger partial charge < -0.3 is 9.30 Å². The van der Waals surface area contributed by atoms with Crippen LogP contribution in [0.5, 0.6) is 0 Å². The molecule has 0 unspecified atom stereocenters. The van der Waals surface area contributed by atoms with E-state index in [1.807, 2.05) is 20.8 Å². The summed E-state index contributed by atoms with van der Waals surface area (Å²) in [6.45, 7) is 8.67. The van der Waals surface area contributed by atoms with Crippen LogP contribution in [0.3, 0.4) is 0 Å². The third kappa shape index (κ3) is 3.73. The SMILES string of the molecule is CCOC(=O)c1cccn(CC(C)(C)C)c1=O. The minimum atomic E-state index is -0.555. The predicted molar refractivity (Wildman–Crippen MR) is 66.1 cm³/mol. The van der Waals surface area contributed by atoms with Crippen LogP contribution in [0.15, 0.2) is 23.1 Å². The second-order valence-corrected chi connectivity index (χ2v) is 5.14. The van der Waals surface area contributed by atoms with Gasteiger partial charge in [-0.2, -0.15) is 0 Å². The molecule has 0 aliphatic rings. The van der Waals surface area contributed by atoms with Gasteiger partial charge in [-0.3, -0.25) is 4.79 Å². The van der Waals surface area contributed by atoms with E-state index in [-0.39, 0.29) is 23.1 Å². The van der Waals surface area contributed by atoms with E-state index in [1.165, 1.54) is 6.07 Å². The summed E-state index contributed by atoms with van der Waals surface area (Å²) in [6, 6.07) is 3.19. The first-order valence-corrected chi connectivity index (χ1v) is 5.72. The molecule has 94 valence electrons. The Balaban J connectivity index is 3.08. The van der Waals surface area contributed by atoms with Gasteiger partial charge in [0.05, 0.1) is 6.61 Å². The second kappa shape index (κ2) is 5.17. The fraction of sp³-hybridized carbons (Fsp3) is 0.538. The zero-order valence-electron chi connectivity index (χ0n) is 10.8. The molecule has 0 fully saturated rings. The molecule has 0 saturated carbocycles. The summed E-state index contributed by atoms with van der Waals surface area (Å²) < 4.78 is 6.39. The molecule has 0 aliphatic heterocycles. The third-order valence-electron chi connectivity index (χ3n) is 2.16. The first kappa shape index (κ1) is 13.5. The fourth-order valence-corrected chi connectivity index (χ4v) is 1.54. The molecule has 1 rings (SSSR count). The minimum absolute atomic E-state index is 0.0168. The van der Waals surface area contributed by atoms with Gasteiger partial charge in [-0.15, -0.1) is 0 Å². The fourth-order valence-electron chi connectivity index (χ4n) is 1.54. The lowest BCUT2D eigenvalue weighted by Crippen LogP contribution is -2.30. The van der Waals surface area contributed by atoms with E-state index in [0.29, 0.717) is 6.54 Å². The van der Waals surface area contributed by atoms with Crippen LogP contribution in [0, 0.1) is 5.41 Å². The first-order chi connectivity index (χ1) is 7.85. The Bertz CT molecular complexity index is 454. The largest absolute Gasteiger partial charge is 0.462 e. The van der Waals surface area contributed by atoms with Crippen LogP contribution in [0.2, 0.25) is 0 Å². The zero-order chi connectivity index (χ0) is 13.1. The van der Waals surface area contributed by atoms with Gasteiger partial charge in [-0.05, 0) is 24.5 Å². The van der Waals surface area contributed by atoms with Gasteiger partial charge in [0.15, 0.2) is 0 Å². The molecule has 4 nitrogen and oxygen atoms in total. The lowest BCUT2D eigenvalue weighted by Gasteiger charge is -2.19. The number of carbonyl (C=O) groups excluding carboxylic acids is 1. The summed E-state index contributed by atoms with van der Waals surface area (Å²) in [5.74, 6) is -0.555. The molecule has 17 heavy (non-hydrogen) atoms. The van der Waals surface area contributed by atoms with Crippen molar-refractivity contribution in [3.8, 4) is 0 Å². The van der Waals surface area contributed by atoms with Crippen LogP contribution in [0.4, 0.5) is 0 Å². The van der Waals surface area contributed by atoms with Gasteiger partial charge in [-0.1, -0.05) is 20.8 Å². The number of nitrogens with zero attached hydrogens (tertiary/aromatic N) is 1. The van der Waals surface area contributed by atoms with E-state index in [4.69, 9.17) is 4.74 Å². The molecule has 1 aromatic heterocycles. The predicted octanol–water partition coefficient (Wildman–Crippen LogP) is 2.07. The summed E-state index contributed by atoms with van der Waals surface area (Å²) in [6.07, 6.45) is 1.69. The molecule has 0 saturated heterocycles. The highest BCUT2D eigenvalue weighted by Crippen LogP contribution is 2.14. The Morgan fingerprint density at radius 3 is 2.59 bits per heavy atom. The van der Waals surface area contributed by atoms with Crippen molar-refractivity contribution in [2.24, 2.45) is 5.41 Å². The van der Waals surface area contributed by atoms with Crippen LogP contribution in [0.1, 0.15) is 38.1 Å². The van der Waals surface area contributed by atoms with Crippen LogP contribution >= 0.6 is 0 Å². The number of hydrogen-bond acceptors (Lipinski definition) is 3. The van der Waals surface area contributed by atoms with Crippen molar-refractivity contribution < 1.29 is 9.53 Å². The maximum atomic E-state index is 12.0. The lowest BCUT2D eigenvalue weighted by molar-refractivity contribution is 0.0523. The summed E-state index contributed by atoms with van der Waals surface area (Å²) in [7, 11) is 0. The average Bonchev–Trinajstić information content (AvgIpc) is 2.19. The zero-order valence-corrected chi connectivity index (χ0v) is 10.8. The van der Waals surface area contributed by atoms with Gasteiger partial charge in [0, 0.05) is 12.7 Å². The van der Waals surface area contributed by atoms with E-state index >= 15 is 0 Å². The highest BCUT2D eigenvalue weighted by atomic mass is 16.5. The van der Waals surface area contributed by atoms with E-state index in [1.54, 1.807) is 23.8 Å². The molecule has 1 aromatic rings. The maximum Gasteiger partial charge on any atom is 0.343 e. The van der Waals surface area contributed by atoms with Crippen molar-refractivity contribution in [2.75, 3.05) is 6.61 Å². The molecule has 0 atom stereocenters. The highest BCUT2D eigenvalue weighted by molar-refractivity contribution is 5.88. The summed E-state index contributed by atoms with van der Waals surface area (Å²) in [4.78, 5) is 23.6. The van der Waals surface area contributed by atoms with Gasteiger partial charge in [0.25, 0.3) is 5.56 Å². The Hall–Kier alpha value is -1.58. The Labute approximate surface area is 101 Å². The number of hydrogen-bond donors (Lipinski definition) is 0. The monoisotopic (exact) mass is 237 g/mol. The molecule has 0 N–H and O–H groups in total. The van der Waals surface area contributed by atoms with Crippen LogP contribution in [-0.4, -0.2) is 17.1 Å². The minimum Gasteiger partial charge on any atom is -0.462 e. The maximum absolute atomic E-state index is 12.0. The smallest absolute Gasteiger partial charge is 0.343 e. The van der Waals surface area contributed by atoms with Crippen LogP contribution < -0.4 is 5.56 Å². The summed E-state index contributed by atoms with van der Waals surface area (Å²) in [5, 5.41) is 0. The van der Waals surface area contributed by atoms with E-state index in [9.17, 15) is 9.59 Å². The molecule has 1 heterocycles. The number of carbonyl (C=O) groups is 1. The first-order valence-electron chi connectivity index (χ1n) is 5.72. The third-order valence-corrected chi connectivity index (χ3v) is 2.16. The van der Waals surface area contributed by atoms with Crippen molar-refractivity contribution in [2.45, 2.75) is 34.2 Å². The molecular formula is C13H19NO3. The normalized spacial score (nSPS) is 11.3. The van der Waals surface area contributed by atoms with Crippen LogP contribution in [-0.2, 0) is 11.3 Å².